The van der Waals surface area contributed by atoms with Gasteiger partial charge in [-0.2, -0.15) is 0 Å². The molecule has 15 heavy (non-hydrogen) atoms. The quantitative estimate of drug-likeness (QED) is 0.797. The van der Waals surface area contributed by atoms with E-state index in [1.54, 1.807) is 6.07 Å². The van der Waals surface area contributed by atoms with Crippen LogP contribution in [0.25, 0.3) is 0 Å². The molecule has 3 nitrogen and oxygen atoms in total. The number of nitrogens with two attached hydrogens (primary N) is 1. The maximum Gasteiger partial charge on any atom is 0.161 e. The predicted molar refractivity (Wildman–Crippen MR) is 61.4 cm³/mol. The van der Waals surface area contributed by atoms with Gasteiger partial charge in [0, 0.05) is 12.0 Å². The lowest BCUT2D eigenvalue weighted by Crippen LogP contribution is -2.28. The minimum atomic E-state index is -0.0977. The Kier molecular flexibility index (Phi) is 3.58. The van der Waals surface area contributed by atoms with Crippen LogP contribution < -0.4 is 10.5 Å². The van der Waals surface area contributed by atoms with Crippen molar-refractivity contribution in [2.24, 2.45) is 5.73 Å². The summed E-state index contributed by atoms with van der Waals surface area (Å²) in [6, 6.07) is 5.38. The summed E-state index contributed by atoms with van der Waals surface area (Å²) in [6.07, 6.45) is 0. The fourth-order valence-electron chi connectivity index (χ4n) is 1.32. The van der Waals surface area contributed by atoms with Crippen molar-refractivity contribution in [1.29, 1.82) is 0 Å². The average Bonchev–Trinajstić information content (AvgIpc) is 2.21. The maximum absolute atomic E-state index is 9.55. The third-order valence-corrected chi connectivity index (χ3v) is 2.55. The first-order valence-electron chi connectivity index (χ1n) is 5.17. The van der Waals surface area contributed by atoms with Gasteiger partial charge in [-0.1, -0.05) is 19.9 Å². The largest absolute Gasteiger partial charge is 0.504 e. The van der Waals surface area contributed by atoms with Gasteiger partial charge in [-0.15, -0.1) is 0 Å². The highest BCUT2D eigenvalue weighted by Crippen LogP contribution is 2.32. The lowest BCUT2D eigenvalue weighted by atomic mass is 9.85. The van der Waals surface area contributed by atoms with Crippen molar-refractivity contribution in [3.05, 3.63) is 23.8 Å². The van der Waals surface area contributed by atoms with Crippen molar-refractivity contribution in [2.75, 3.05) is 13.2 Å². The van der Waals surface area contributed by atoms with E-state index in [0.717, 1.165) is 5.56 Å². The summed E-state index contributed by atoms with van der Waals surface area (Å²) >= 11 is 0. The van der Waals surface area contributed by atoms with Gasteiger partial charge in [0.2, 0.25) is 0 Å². The van der Waals surface area contributed by atoms with Crippen LogP contribution in [0.1, 0.15) is 26.3 Å². The molecule has 1 aromatic rings. The van der Waals surface area contributed by atoms with Crippen LogP contribution in [0.3, 0.4) is 0 Å². The normalized spacial score (nSPS) is 11.5. The molecule has 0 aromatic heterocycles. The molecule has 84 valence electrons. The first-order chi connectivity index (χ1) is 7.01. The van der Waals surface area contributed by atoms with Crippen molar-refractivity contribution in [1.82, 2.24) is 0 Å². The van der Waals surface area contributed by atoms with Gasteiger partial charge in [-0.05, 0) is 24.6 Å². The van der Waals surface area contributed by atoms with Crippen LogP contribution in [0.4, 0.5) is 0 Å². The molecule has 0 heterocycles. The Bertz CT molecular complexity index is 334. The molecule has 0 saturated carbocycles. The van der Waals surface area contributed by atoms with Crippen molar-refractivity contribution < 1.29 is 9.84 Å². The van der Waals surface area contributed by atoms with Crippen LogP contribution in [0.5, 0.6) is 11.5 Å². The number of benzene rings is 1. The number of ether oxygens (including phenoxy) is 1. The van der Waals surface area contributed by atoms with E-state index in [1.165, 1.54) is 0 Å². The SMILES string of the molecule is CCOc1cc(C(C)(C)CN)ccc1O. The van der Waals surface area contributed by atoms with Crippen LogP contribution in [0, 0.1) is 0 Å². The molecule has 3 N–H and O–H groups in total. The summed E-state index contributed by atoms with van der Waals surface area (Å²) in [6.45, 7) is 7.12. The molecule has 0 aliphatic carbocycles. The minimum Gasteiger partial charge on any atom is -0.504 e. The molecule has 0 spiro atoms. The van der Waals surface area contributed by atoms with Crippen molar-refractivity contribution in [3.8, 4) is 11.5 Å². The fraction of sp³-hybridized carbons (Fsp3) is 0.500. The van der Waals surface area contributed by atoms with Gasteiger partial charge in [0.05, 0.1) is 6.61 Å². The van der Waals surface area contributed by atoms with Crippen LogP contribution in [-0.2, 0) is 5.41 Å². The summed E-state index contributed by atoms with van der Waals surface area (Å²) in [7, 11) is 0. The first-order valence-corrected chi connectivity index (χ1v) is 5.17. The van der Waals surface area contributed by atoms with Gasteiger partial charge in [0.1, 0.15) is 0 Å². The second-order valence-corrected chi connectivity index (χ2v) is 4.20. The lowest BCUT2D eigenvalue weighted by molar-refractivity contribution is 0.317. The van der Waals surface area contributed by atoms with E-state index in [-0.39, 0.29) is 11.2 Å². The molecule has 0 aliphatic rings. The zero-order chi connectivity index (χ0) is 11.5. The fourth-order valence-corrected chi connectivity index (χ4v) is 1.32. The zero-order valence-electron chi connectivity index (χ0n) is 9.58. The minimum absolute atomic E-state index is 0.0977. The number of hydrogen-bond acceptors (Lipinski definition) is 3. The average molecular weight is 209 g/mol. The Morgan fingerprint density at radius 2 is 2.07 bits per heavy atom. The standard InChI is InChI=1S/C12H19NO2/c1-4-15-11-7-9(5-6-10(11)14)12(2,3)8-13/h5-7,14H,4,8,13H2,1-3H3. The summed E-state index contributed by atoms with van der Waals surface area (Å²) in [5.41, 5.74) is 6.67. The van der Waals surface area contributed by atoms with Crippen LogP contribution in [0.2, 0.25) is 0 Å². The van der Waals surface area contributed by atoms with E-state index < -0.39 is 0 Å². The van der Waals surface area contributed by atoms with Crippen LogP contribution >= 0.6 is 0 Å². The lowest BCUT2D eigenvalue weighted by Gasteiger charge is -2.23. The zero-order valence-corrected chi connectivity index (χ0v) is 9.58. The highest BCUT2D eigenvalue weighted by Gasteiger charge is 2.19. The molecule has 3 heteroatoms. The molecule has 0 aliphatic heterocycles. The van der Waals surface area contributed by atoms with E-state index in [2.05, 4.69) is 13.8 Å². The second-order valence-electron chi connectivity index (χ2n) is 4.20. The molecule has 0 bridgehead atoms. The number of rotatable bonds is 4. The molecule has 0 amide bonds. The van der Waals surface area contributed by atoms with Crippen LogP contribution in [0.15, 0.2) is 18.2 Å². The Hall–Kier alpha value is -1.22. The van der Waals surface area contributed by atoms with Gasteiger partial charge >= 0.3 is 0 Å². The molecule has 0 atom stereocenters. The number of phenolic OH excluding ortho intramolecular Hbond substituents is 1. The highest BCUT2D eigenvalue weighted by atomic mass is 16.5. The third-order valence-electron chi connectivity index (χ3n) is 2.55. The predicted octanol–water partition coefficient (Wildman–Crippen LogP) is 2.03. The number of hydrogen-bond donors (Lipinski definition) is 2. The number of aromatic hydroxyl groups is 1. The van der Waals surface area contributed by atoms with Crippen LogP contribution in [-0.4, -0.2) is 18.3 Å². The van der Waals surface area contributed by atoms with E-state index in [4.69, 9.17) is 10.5 Å². The van der Waals surface area contributed by atoms with E-state index in [1.807, 2.05) is 19.1 Å². The molecule has 0 saturated heterocycles. The molecule has 0 unspecified atom stereocenters. The topological polar surface area (TPSA) is 55.5 Å². The van der Waals surface area contributed by atoms with Crippen molar-refractivity contribution in [3.63, 3.8) is 0 Å². The Morgan fingerprint density at radius 3 is 2.60 bits per heavy atom. The summed E-state index contributed by atoms with van der Waals surface area (Å²) in [4.78, 5) is 0. The molecule has 1 rings (SSSR count). The first kappa shape index (κ1) is 11.9. The van der Waals surface area contributed by atoms with Gasteiger partial charge in [0.25, 0.3) is 0 Å². The molecule has 1 aromatic carbocycles. The highest BCUT2D eigenvalue weighted by molar-refractivity contribution is 5.44. The maximum atomic E-state index is 9.55. The molecule has 0 radical (unpaired) electrons. The summed E-state index contributed by atoms with van der Waals surface area (Å²) < 4.78 is 5.33. The van der Waals surface area contributed by atoms with Gasteiger partial charge < -0.3 is 15.6 Å². The third kappa shape index (κ3) is 2.63. The van der Waals surface area contributed by atoms with Crippen molar-refractivity contribution >= 4 is 0 Å². The van der Waals surface area contributed by atoms with Gasteiger partial charge in [0.15, 0.2) is 11.5 Å². The number of phenols is 1. The Morgan fingerprint density at radius 1 is 1.40 bits per heavy atom. The summed E-state index contributed by atoms with van der Waals surface area (Å²) in [5, 5.41) is 9.55. The van der Waals surface area contributed by atoms with E-state index in [0.29, 0.717) is 18.9 Å². The Balaban J connectivity index is 3.07. The van der Waals surface area contributed by atoms with Gasteiger partial charge in [-0.25, -0.2) is 0 Å². The van der Waals surface area contributed by atoms with E-state index >= 15 is 0 Å². The molecule has 0 fully saturated rings. The van der Waals surface area contributed by atoms with Gasteiger partial charge in [-0.3, -0.25) is 0 Å². The summed E-state index contributed by atoms with van der Waals surface area (Å²) in [5.74, 6) is 0.699. The Labute approximate surface area is 90.9 Å². The molecular formula is C12H19NO2. The molecular weight excluding hydrogens is 190 g/mol. The second kappa shape index (κ2) is 4.53. The monoisotopic (exact) mass is 209 g/mol. The van der Waals surface area contributed by atoms with E-state index in [9.17, 15) is 5.11 Å². The van der Waals surface area contributed by atoms with Crippen molar-refractivity contribution in [2.45, 2.75) is 26.2 Å². The smallest absolute Gasteiger partial charge is 0.161 e.